The average molecular weight is 414 g/mol. The van der Waals surface area contributed by atoms with Crippen molar-refractivity contribution in [3.63, 3.8) is 0 Å². The minimum Gasteiger partial charge on any atom is -0.461 e. The van der Waals surface area contributed by atoms with Crippen LogP contribution in [-0.2, 0) is 16.0 Å². The highest BCUT2D eigenvalue weighted by molar-refractivity contribution is 6.10. The number of nitrogens with zero attached hydrogens (tertiary/aromatic N) is 3. The lowest BCUT2D eigenvalue weighted by molar-refractivity contribution is -0.112. The molecule has 1 N–H and O–H groups in total. The van der Waals surface area contributed by atoms with Gasteiger partial charge in [-0.3, -0.25) is 4.79 Å². The second-order valence-electron chi connectivity index (χ2n) is 6.61. The highest BCUT2D eigenvalue weighted by Gasteiger charge is 2.19. The van der Waals surface area contributed by atoms with E-state index in [0.717, 1.165) is 17.7 Å². The summed E-state index contributed by atoms with van der Waals surface area (Å²) in [5, 5.41) is 16.6. The zero-order valence-electron chi connectivity index (χ0n) is 17.3. The summed E-state index contributed by atoms with van der Waals surface area (Å²) in [5.41, 5.74) is 2.63. The largest absolute Gasteiger partial charge is 0.461 e. The van der Waals surface area contributed by atoms with E-state index in [1.165, 1.54) is 10.8 Å². The first-order valence-corrected chi connectivity index (χ1v) is 9.90. The summed E-state index contributed by atoms with van der Waals surface area (Å²) in [4.78, 5) is 25.0. The molecule has 7 nitrogen and oxygen atoms in total. The number of esters is 1. The summed E-state index contributed by atoms with van der Waals surface area (Å²) < 4.78 is 6.59. The van der Waals surface area contributed by atoms with E-state index in [-0.39, 0.29) is 17.9 Å². The lowest BCUT2D eigenvalue weighted by atomic mass is 10.1. The van der Waals surface area contributed by atoms with Crippen LogP contribution in [0, 0.1) is 11.3 Å². The molecule has 1 heterocycles. The third-order valence-electron chi connectivity index (χ3n) is 4.52. The first-order chi connectivity index (χ1) is 15.0. The number of carbonyl (C=O) groups excluding carboxylic acids is 2. The van der Waals surface area contributed by atoms with Crippen LogP contribution in [0.15, 0.2) is 66.4 Å². The van der Waals surface area contributed by atoms with Crippen molar-refractivity contribution in [3.05, 3.63) is 83.2 Å². The van der Waals surface area contributed by atoms with Gasteiger partial charge >= 0.3 is 5.97 Å². The molecule has 0 saturated carbocycles. The minimum atomic E-state index is -0.628. The highest BCUT2D eigenvalue weighted by atomic mass is 16.5. The normalized spacial score (nSPS) is 10.9. The highest BCUT2D eigenvalue weighted by Crippen LogP contribution is 2.18. The molecule has 0 spiro atoms. The standard InChI is InChI=1S/C24H22N4O3/c1-3-17-10-12-20(13-11-17)26-23(29)18(15-25)14-19-16-28(21-8-6-5-7-9-21)27-22(19)24(30)31-4-2/h5-14,16H,3-4H2,1-2H3,(H,26,29)/b18-14-. The van der Waals surface area contributed by atoms with Gasteiger partial charge in [-0.1, -0.05) is 37.3 Å². The first-order valence-electron chi connectivity index (χ1n) is 9.90. The fourth-order valence-corrected chi connectivity index (χ4v) is 2.89. The van der Waals surface area contributed by atoms with E-state index in [1.807, 2.05) is 55.5 Å². The summed E-state index contributed by atoms with van der Waals surface area (Å²) in [6, 6.07) is 18.5. The fourth-order valence-electron chi connectivity index (χ4n) is 2.89. The third-order valence-corrected chi connectivity index (χ3v) is 4.52. The van der Waals surface area contributed by atoms with Gasteiger partial charge < -0.3 is 10.1 Å². The van der Waals surface area contributed by atoms with Crippen LogP contribution >= 0.6 is 0 Å². The lowest BCUT2D eigenvalue weighted by Gasteiger charge is -2.05. The molecule has 0 unspecified atom stereocenters. The van der Waals surface area contributed by atoms with Crippen molar-refractivity contribution in [2.45, 2.75) is 20.3 Å². The van der Waals surface area contributed by atoms with Crippen LogP contribution in [-0.4, -0.2) is 28.3 Å². The topological polar surface area (TPSA) is 97.0 Å². The number of aromatic nitrogens is 2. The van der Waals surface area contributed by atoms with Crippen LogP contribution < -0.4 is 5.32 Å². The number of para-hydroxylation sites is 1. The van der Waals surface area contributed by atoms with Crippen LogP contribution in [0.25, 0.3) is 11.8 Å². The average Bonchev–Trinajstić information content (AvgIpc) is 3.22. The van der Waals surface area contributed by atoms with E-state index in [2.05, 4.69) is 10.4 Å². The summed E-state index contributed by atoms with van der Waals surface area (Å²) in [6.07, 6.45) is 3.82. The molecule has 0 aliphatic rings. The Labute approximate surface area is 180 Å². The molecule has 7 heteroatoms. The molecule has 0 atom stereocenters. The Balaban J connectivity index is 1.94. The third kappa shape index (κ3) is 5.25. The molecule has 0 fully saturated rings. The van der Waals surface area contributed by atoms with Gasteiger partial charge in [-0.2, -0.15) is 10.4 Å². The van der Waals surface area contributed by atoms with Crippen molar-refractivity contribution in [1.29, 1.82) is 5.26 Å². The van der Waals surface area contributed by atoms with Crippen molar-refractivity contribution in [3.8, 4) is 11.8 Å². The molecular weight excluding hydrogens is 392 g/mol. The van der Waals surface area contributed by atoms with Gasteiger partial charge in [0.05, 0.1) is 12.3 Å². The predicted molar refractivity (Wildman–Crippen MR) is 118 cm³/mol. The van der Waals surface area contributed by atoms with Crippen LogP contribution in [0.5, 0.6) is 0 Å². The number of carbonyl (C=O) groups is 2. The summed E-state index contributed by atoms with van der Waals surface area (Å²) in [5.74, 6) is -1.20. The Hall–Kier alpha value is -4.18. The van der Waals surface area contributed by atoms with Gasteiger partial charge in [-0.25, -0.2) is 9.48 Å². The van der Waals surface area contributed by atoms with Gasteiger partial charge in [0.2, 0.25) is 0 Å². The molecule has 3 aromatic rings. The smallest absolute Gasteiger partial charge is 0.359 e. The Kier molecular flexibility index (Phi) is 6.97. The molecule has 2 aromatic carbocycles. The summed E-state index contributed by atoms with van der Waals surface area (Å²) in [7, 11) is 0. The number of amides is 1. The molecule has 0 saturated heterocycles. The van der Waals surface area contributed by atoms with Crippen LogP contribution in [0.4, 0.5) is 5.69 Å². The van der Waals surface area contributed by atoms with Crippen molar-refractivity contribution in [2.75, 3.05) is 11.9 Å². The SMILES string of the molecule is CCOC(=O)c1nn(-c2ccccc2)cc1/C=C(/C#N)C(=O)Nc1ccc(CC)cc1. The maximum Gasteiger partial charge on any atom is 0.359 e. The van der Waals surface area contributed by atoms with E-state index in [4.69, 9.17) is 4.74 Å². The molecule has 31 heavy (non-hydrogen) atoms. The van der Waals surface area contributed by atoms with Crippen molar-refractivity contribution in [2.24, 2.45) is 0 Å². The van der Waals surface area contributed by atoms with E-state index in [0.29, 0.717) is 11.3 Å². The molecule has 156 valence electrons. The van der Waals surface area contributed by atoms with E-state index >= 15 is 0 Å². The molecule has 0 radical (unpaired) electrons. The van der Waals surface area contributed by atoms with E-state index in [1.54, 1.807) is 25.3 Å². The van der Waals surface area contributed by atoms with Gasteiger partial charge in [0.15, 0.2) is 5.69 Å². The van der Waals surface area contributed by atoms with E-state index in [9.17, 15) is 14.9 Å². The second-order valence-corrected chi connectivity index (χ2v) is 6.61. The number of hydrogen-bond acceptors (Lipinski definition) is 5. The molecule has 1 amide bonds. The molecule has 0 aliphatic carbocycles. The maximum absolute atomic E-state index is 12.6. The molecule has 3 rings (SSSR count). The first kappa shape index (κ1) is 21.5. The lowest BCUT2D eigenvalue weighted by Crippen LogP contribution is -2.14. The minimum absolute atomic E-state index is 0.0264. The van der Waals surface area contributed by atoms with Crippen LogP contribution in [0.3, 0.4) is 0 Å². The van der Waals surface area contributed by atoms with Gasteiger partial charge in [0.25, 0.3) is 5.91 Å². The van der Waals surface area contributed by atoms with Crippen LogP contribution in [0.1, 0.15) is 35.5 Å². The number of ether oxygens (including phenoxy) is 1. The molecular formula is C24H22N4O3. The number of nitrogens with one attached hydrogen (secondary N) is 1. The zero-order valence-corrected chi connectivity index (χ0v) is 17.3. The maximum atomic E-state index is 12.6. The molecule has 0 bridgehead atoms. The summed E-state index contributed by atoms with van der Waals surface area (Å²) in [6.45, 7) is 3.92. The Bertz CT molecular complexity index is 1140. The number of rotatable bonds is 7. The van der Waals surface area contributed by atoms with Crippen molar-refractivity contribution >= 4 is 23.6 Å². The number of anilines is 1. The van der Waals surface area contributed by atoms with Gasteiger partial charge in [0.1, 0.15) is 11.6 Å². The monoisotopic (exact) mass is 414 g/mol. The Morgan fingerprint density at radius 1 is 1.13 bits per heavy atom. The van der Waals surface area contributed by atoms with Gasteiger partial charge in [0, 0.05) is 17.4 Å². The molecule has 0 aliphatic heterocycles. The van der Waals surface area contributed by atoms with Gasteiger partial charge in [-0.15, -0.1) is 0 Å². The second kappa shape index (κ2) is 10.0. The number of benzene rings is 2. The quantitative estimate of drug-likeness (QED) is 0.356. The predicted octanol–water partition coefficient (Wildman–Crippen LogP) is 4.16. The number of nitriles is 1. The van der Waals surface area contributed by atoms with Crippen LogP contribution in [0.2, 0.25) is 0 Å². The van der Waals surface area contributed by atoms with Gasteiger partial charge in [-0.05, 0) is 49.2 Å². The number of hydrogen-bond donors (Lipinski definition) is 1. The Morgan fingerprint density at radius 3 is 2.45 bits per heavy atom. The zero-order chi connectivity index (χ0) is 22.2. The molecule has 1 aromatic heterocycles. The summed E-state index contributed by atoms with van der Waals surface area (Å²) >= 11 is 0. The number of aryl methyl sites for hydroxylation is 1. The Morgan fingerprint density at radius 2 is 1.84 bits per heavy atom. The van der Waals surface area contributed by atoms with Crippen molar-refractivity contribution in [1.82, 2.24) is 9.78 Å². The van der Waals surface area contributed by atoms with E-state index < -0.39 is 11.9 Å². The fraction of sp³-hybridized carbons (Fsp3) is 0.167. The van der Waals surface area contributed by atoms with Crippen molar-refractivity contribution < 1.29 is 14.3 Å².